The van der Waals surface area contributed by atoms with Gasteiger partial charge in [0.2, 0.25) is 0 Å². The number of hydrogen-bond acceptors (Lipinski definition) is 1. The van der Waals surface area contributed by atoms with Crippen molar-refractivity contribution in [1.82, 2.24) is 4.57 Å². The number of amides is 2. The fourth-order valence-corrected chi connectivity index (χ4v) is 3.66. The molecule has 3 aromatic rings. The standard InChI is InChI=1S/C20H21N3O/c1-3-22-13-17(16-9-5-7-11-19(16)22)21-20(24)23-14(2)12-15-8-4-6-10-18(15)23/h4-11,13-14H,3,12H2,1-2H3,(H,21,24)/t14-/m1/s1. The highest BCUT2D eigenvalue weighted by Crippen LogP contribution is 2.33. The van der Waals surface area contributed by atoms with E-state index in [1.165, 1.54) is 5.56 Å². The van der Waals surface area contributed by atoms with Crippen LogP contribution in [-0.4, -0.2) is 16.6 Å². The number of nitrogens with one attached hydrogen (secondary N) is 1. The van der Waals surface area contributed by atoms with Crippen molar-refractivity contribution >= 4 is 28.3 Å². The summed E-state index contributed by atoms with van der Waals surface area (Å²) in [4.78, 5) is 14.8. The summed E-state index contributed by atoms with van der Waals surface area (Å²) in [6.45, 7) is 5.07. The maximum atomic E-state index is 12.9. The molecule has 122 valence electrons. The largest absolute Gasteiger partial charge is 0.346 e. The Hall–Kier alpha value is -2.75. The summed E-state index contributed by atoms with van der Waals surface area (Å²) in [6.07, 6.45) is 2.93. The van der Waals surface area contributed by atoms with Crippen molar-refractivity contribution in [3.05, 3.63) is 60.3 Å². The minimum atomic E-state index is -0.0635. The lowest BCUT2D eigenvalue weighted by Crippen LogP contribution is -2.39. The summed E-state index contributed by atoms with van der Waals surface area (Å²) in [5.74, 6) is 0. The Kier molecular flexibility index (Phi) is 3.53. The number of carbonyl (C=O) groups is 1. The van der Waals surface area contributed by atoms with Crippen LogP contribution in [-0.2, 0) is 13.0 Å². The molecule has 1 aliphatic rings. The van der Waals surface area contributed by atoms with E-state index in [-0.39, 0.29) is 12.1 Å². The molecule has 0 bridgehead atoms. The predicted molar refractivity (Wildman–Crippen MR) is 98.7 cm³/mol. The second kappa shape index (κ2) is 5.71. The summed E-state index contributed by atoms with van der Waals surface area (Å²) < 4.78 is 2.16. The van der Waals surface area contributed by atoms with Crippen LogP contribution in [0.3, 0.4) is 0 Å². The lowest BCUT2D eigenvalue weighted by atomic mass is 10.1. The molecule has 24 heavy (non-hydrogen) atoms. The fraction of sp³-hybridized carbons (Fsp3) is 0.250. The van der Waals surface area contributed by atoms with E-state index in [0.29, 0.717) is 0 Å². The zero-order valence-electron chi connectivity index (χ0n) is 14.0. The topological polar surface area (TPSA) is 37.3 Å². The van der Waals surface area contributed by atoms with Crippen molar-refractivity contribution in [3.63, 3.8) is 0 Å². The molecular weight excluding hydrogens is 298 g/mol. The molecule has 0 spiro atoms. The third-order valence-electron chi connectivity index (χ3n) is 4.80. The van der Waals surface area contributed by atoms with Crippen molar-refractivity contribution in [3.8, 4) is 0 Å². The molecule has 4 rings (SSSR count). The van der Waals surface area contributed by atoms with Crippen LogP contribution in [0.25, 0.3) is 10.9 Å². The van der Waals surface area contributed by atoms with Gasteiger partial charge in [-0.1, -0.05) is 36.4 Å². The van der Waals surface area contributed by atoms with Crippen LogP contribution in [0.4, 0.5) is 16.2 Å². The van der Waals surface area contributed by atoms with Crippen LogP contribution in [0.2, 0.25) is 0 Å². The van der Waals surface area contributed by atoms with Gasteiger partial charge in [0.15, 0.2) is 0 Å². The Morgan fingerprint density at radius 3 is 2.75 bits per heavy atom. The van der Waals surface area contributed by atoms with Gasteiger partial charge in [-0.2, -0.15) is 0 Å². The highest BCUT2D eigenvalue weighted by atomic mass is 16.2. The van der Waals surface area contributed by atoms with Crippen LogP contribution in [0.1, 0.15) is 19.4 Å². The maximum absolute atomic E-state index is 12.9. The first-order valence-electron chi connectivity index (χ1n) is 8.45. The van der Waals surface area contributed by atoms with Gasteiger partial charge in [-0.25, -0.2) is 4.79 Å². The van der Waals surface area contributed by atoms with Crippen LogP contribution in [0.15, 0.2) is 54.7 Å². The van der Waals surface area contributed by atoms with Crippen molar-refractivity contribution in [2.24, 2.45) is 0 Å². The SMILES string of the molecule is CCn1cc(NC(=O)N2c3ccccc3C[C@H]2C)c2ccccc21. The van der Waals surface area contributed by atoms with Crippen LogP contribution in [0, 0.1) is 0 Å². The molecule has 0 saturated carbocycles. The number of hydrogen-bond donors (Lipinski definition) is 1. The van der Waals surface area contributed by atoms with Crippen molar-refractivity contribution in [1.29, 1.82) is 0 Å². The second-order valence-corrected chi connectivity index (χ2v) is 6.33. The van der Waals surface area contributed by atoms with Gasteiger partial charge in [-0.15, -0.1) is 0 Å². The van der Waals surface area contributed by atoms with Gasteiger partial charge in [-0.05, 0) is 38.0 Å². The second-order valence-electron chi connectivity index (χ2n) is 6.33. The first-order valence-corrected chi connectivity index (χ1v) is 8.45. The van der Waals surface area contributed by atoms with Crippen molar-refractivity contribution in [2.75, 3.05) is 10.2 Å². The first-order chi connectivity index (χ1) is 11.7. The average molecular weight is 319 g/mol. The summed E-state index contributed by atoms with van der Waals surface area (Å²) in [7, 11) is 0. The molecule has 4 nitrogen and oxygen atoms in total. The molecule has 0 aliphatic carbocycles. The Morgan fingerprint density at radius 1 is 1.17 bits per heavy atom. The number of benzene rings is 2. The molecule has 0 unspecified atom stereocenters. The number of aryl methyl sites for hydroxylation is 1. The lowest BCUT2D eigenvalue weighted by molar-refractivity contribution is 0.256. The Morgan fingerprint density at radius 2 is 1.92 bits per heavy atom. The smallest absolute Gasteiger partial charge is 0.326 e. The number of aromatic nitrogens is 1. The zero-order chi connectivity index (χ0) is 16.7. The number of fused-ring (bicyclic) bond motifs is 2. The highest BCUT2D eigenvalue weighted by molar-refractivity contribution is 6.08. The van der Waals surface area contributed by atoms with E-state index in [1.807, 2.05) is 41.4 Å². The number of anilines is 2. The molecule has 0 saturated heterocycles. The Bertz CT molecular complexity index is 912. The normalized spacial score (nSPS) is 16.4. The predicted octanol–water partition coefficient (Wildman–Crippen LogP) is 4.64. The monoisotopic (exact) mass is 319 g/mol. The van der Waals surface area contributed by atoms with E-state index < -0.39 is 0 Å². The van der Waals surface area contributed by atoms with Crippen molar-refractivity contribution in [2.45, 2.75) is 32.9 Å². The zero-order valence-corrected chi connectivity index (χ0v) is 14.0. The molecule has 2 amide bonds. The molecule has 0 fully saturated rings. The lowest BCUT2D eigenvalue weighted by Gasteiger charge is -2.22. The van der Waals surface area contributed by atoms with E-state index in [0.717, 1.165) is 35.2 Å². The Labute approximate surface area is 141 Å². The van der Waals surface area contributed by atoms with E-state index in [2.05, 4.69) is 41.9 Å². The number of rotatable bonds is 2. The number of para-hydroxylation sites is 2. The maximum Gasteiger partial charge on any atom is 0.326 e. The van der Waals surface area contributed by atoms with Gasteiger partial charge in [0.05, 0.1) is 11.2 Å². The van der Waals surface area contributed by atoms with Gasteiger partial charge in [0.1, 0.15) is 0 Å². The van der Waals surface area contributed by atoms with E-state index in [1.54, 1.807) is 0 Å². The first kappa shape index (κ1) is 14.8. The minimum absolute atomic E-state index is 0.0635. The van der Waals surface area contributed by atoms with Crippen LogP contribution < -0.4 is 10.2 Å². The van der Waals surface area contributed by atoms with Gasteiger partial charge in [0.25, 0.3) is 0 Å². The molecule has 0 radical (unpaired) electrons. The Balaban J connectivity index is 1.68. The summed E-state index contributed by atoms with van der Waals surface area (Å²) in [5.41, 5.74) is 4.26. The van der Waals surface area contributed by atoms with Crippen LogP contribution >= 0.6 is 0 Å². The molecule has 1 aromatic heterocycles. The molecule has 2 aromatic carbocycles. The fourth-order valence-electron chi connectivity index (χ4n) is 3.66. The average Bonchev–Trinajstić information content (AvgIpc) is 3.12. The summed E-state index contributed by atoms with van der Waals surface area (Å²) in [6, 6.07) is 16.4. The van der Waals surface area contributed by atoms with Crippen LogP contribution in [0.5, 0.6) is 0 Å². The third-order valence-corrected chi connectivity index (χ3v) is 4.80. The van der Waals surface area contributed by atoms with E-state index in [4.69, 9.17) is 0 Å². The third kappa shape index (κ3) is 2.26. The minimum Gasteiger partial charge on any atom is -0.346 e. The number of urea groups is 1. The molecular formula is C20H21N3O. The summed E-state index contributed by atoms with van der Waals surface area (Å²) in [5, 5.41) is 4.20. The molecule has 1 N–H and O–H groups in total. The summed E-state index contributed by atoms with van der Waals surface area (Å²) >= 11 is 0. The number of carbonyl (C=O) groups excluding carboxylic acids is 1. The molecule has 1 aliphatic heterocycles. The van der Waals surface area contributed by atoms with Crippen molar-refractivity contribution < 1.29 is 4.79 Å². The number of nitrogens with zero attached hydrogens (tertiary/aromatic N) is 2. The van der Waals surface area contributed by atoms with Gasteiger partial charge < -0.3 is 9.88 Å². The molecule has 2 heterocycles. The van der Waals surface area contributed by atoms with Gasteiger partial charge in [0, 0.05) is 29.9 Å². The highest BCUT2D eigenvalue weighted by Gasteiger charge is 2.30. The quantitative estimate of drug-likeness (QED) is 0.734. The van der Waals surface area contributed by atoms with E-state index in [9.17, 15) is 4.79 Å². The molecule has 4 heteroatoms. The molecule has 1 atom stereocenters. The van der Waals surface area contributed by atoms with Gasteiger partial charge >= 0.3 is 6.03 Å². The van der Waals surface area contributed by atoms with Gasteiger partial charge in [-0.3, -0.25) is 4.90 Å². The van der Waals surface area contributed by atoms with E-state index >= 15 is 0 Å².